The van der Waals surface area contributed by atoms with Crippen LogP contribution in [-0.4, -0.2) is 3.97 Å². The van der Waals surface area contributed by atoms with Gasteiger partial charge >= 0.3 is 0 Å². The second kappa shape index (κ2) is 1.63. The Morgan fingerprint density at radius 3 is 3.50 bits per heavy atom. The van der Waals surface area contributed by atoms with Gasteiger partial charge in [-0.05, 0) is 6.07 Å². The highest BCUT2D eigenvalue weighted by Crippen LogP contribution is 2.38. The van der Waals surface area contributed by atoms with E-state index < -0.39 is 0 Å². The third-order valence-corrected chi connectivity index (χ3v) is 2.54. The van der Waals surface area contributed by atoms with Gasteiger partial charge in [-0.25, -0.2) is 3.97 Å². The summed E-state index contributed by atoms with van der Waals surface area (Å²) in [5.74, 6) is 0.931. The summed E-state index contributed by atoms with van der Waals surface area (Å²) in [6.45, 7) is 0. The van der Waals surface area contributed by atoms with E-state index in [0.29, 0.717) is 0 Å². The molecule has 1 aromatic heterocycles. The molecule has 0 amide bonds. The molecule has 1 aromatic rings. The standard InChI is InChI=1S/C4H3NOS2/c1-2-4-5(3-1)7-8-6-4/h1-3H. The monoisotopic (exact) mass is 145 g/mol. The number of hydrogen-bond acceptors (Lipinski definition) is 3. The number of hydrogen-bond donors (Lipinski definition) is 0. The highest BCUT2D eigenvalue weighted by Gasteiger charge is 2.10. The van der Waals surface area contributed by atoms with Crippen molar-refractivity contribution in [3.8, 4) is 5.88 Å². The molecule has 0 saturated heterocycles. The van der Waals surface area contributed by atoms with Gasteiger partial charge in [-0.3, -0.25) is 0 Å². The Morgan fingerprint density at radius 1 is 1.62 bits per heavy atom. The number of fused-ring (bicyclic) bond motifs is 1. The molecule has 1 aliphatic rings. The summed E-state index contributed by atoms with van der Waals surface area (Å²) in [5.41, 5.74) is 0. The average Bonchev–Trinajstić information content (AvgIpc) is 2.15. The second-order valence-electron chi connectivity index (χ2n) is 1.40. The van der Waals surface area contributed by atoms with Crippen LogP contribution in [0.15, 0.2) is 18.3 Å². The zero-order chi connectivity index (χ0) is 5.40. The van der Waals surface area contributed by atoms with Crippen molar-refractivity contribution in [1.82, 2.24) is 3.97 Å². The maximum absolute atomic E-state index is 5.08. The molecule has 0 N–H and O–H groups in total. The van der Waals surface area contributed by atoms with Crippen LogP contribution in [0, 0.1) is 0 Å². The van der Waals surface area contributed by atoms with Gasteiger partial charge < -0.3 is 4.18 Å². The van der Waals surface area contributed by atoms with E-state index in [9.17, 15) is 0 Å². The Balaban J connectivity index is 2.54. The van der Waals surface area contributed by atoms with E-state index >= 15 is 0 Å². The molecule has 0 bridgehead atoms. The molecule has 0 aromatic carbocycles. The molecule has 0 atom stereocenters. The van der Waals surface area contributed by atoms with Gasteiger partial charge in [-0.2, -0.15) is 0 Å². The van der Waals surface area contributed by atoms with E-state index in [0.717, 1.165) is 5.88 Å². The lowest BCUT2D eigenvalue weighted by Gasteiger charge is -1.82. The fraction of sp³-hybridized carbons (Fsp3) is 0. The highest BCUT2D eigenvalue weighted by atomic mass is 33.1. The van der Waals surface area contributed by atoms with Crippen LogP contribution < -0.4 is 4.18 Å². The average molecular weight is 145 g/mol. The molecule has 1 aliphatic heterocycles. The first-order chi connectivity index (χ1) is 3.97. The topological polar surface area (TPSA) is 14.2 Å². The van der Waals surface area contributed by atoms with Crippen LogP contribution in [0.3, 0.4) is 0 Å². The lowest BCUT2D eigenvalue weighted by atomic mass is 10.7. The summed E-state index contributed by atoms with van der Waals surface area (Å²) < 4.78 is 7.06. The third kappa shape index (κ3) is 0.530. The minimum atomic E-state index is 0.931. The molecule has 0 fully saturated rings. The number of aromatic nitrogens is 1. The van der Waals surface area contributed by atoms with Gasteiger partial charge in [0.05, 0.1) is 11.0 Å². The first kappa shape index (κ1) is 4.64. The Bertz CT molecular complexity index is 179. The van der Waals surface area contributed by atoms with E-state index in [2.05, 4.69) is 0 Å². The Labute approximate surface area is 54.9 Å². The molecule has 2 nitrogen and oxygen atoms in total. The van der Waals surface area contributed by atoms with Crippen molar-refractivity contribution in [2.75, 3.05) is 0 Å². The van der Waals surface area contributed by atoms with Gasteiger partial charge in [0.25, 0.3) is 0 Å². The molecule has 0 saturated carbocycles. The predicted octanol–water partition coefficient (Wildman–Crippen LogP) is 1.94. The minimum absolute atomic E-state index is 0.931. The quantitative estimate of drug-likeness (QED) is 0.409. The summed E-state index contributed by atoms with van der Waals surface area (Å²) in [4.78, 5) is 0. The largest absolute Gasteiger partial charge is 0.393 e. The third-order valence-electron chi connectivity index (χ3n) is 0.908. The van der Waals surface area contributed by atoms with Crippen molar-refractivity contribution >= 4 is 22.1 Å². The highest BCUT2D eigenvalue weighted by molar-refractivity contribution is 8.74. The van der Waals surface area contributed by atoms with Crippen LogP contribution >= 0.6 is 22.1 Å². The van der Waals surface area contributed by atoms with Crippen molar-refractivity contribution in [2.24, 2.45) is 0 Å². The van der Waals surface area contributed by atoms with Crippen molar-refractivity contribution in [1.29, 1.82) is 0 Å². The first-order valence-electron chi connectivity index (χ1n) is 2.16. The maximum Gasteiger partial charge on any atom is 0.220 e. The first-order valence-corrected chi connectivity index (χ1v) is 4.19. The fourth-order valence-corrected chi connectivity index (χ4v) is 2.07. The van der Waals surface area contributed by atoms with Crippen LogP contribution in [-0.2, 0) is 0 Å². The predicted molar refractivity (Wildman–Crippen MR) is 35.6 cm³/mol. The normalized spacial score (nSPS) is 15.5. The van der Waals surface area contributed by atoms with Gasteiger partial charge in [0.15, 0.2) is 11.1 Å². The SMILES string of the molecule is c1cc2n(c1)SSO2. The summed E-state index contributed by atoms with van der Waals surface area (Å²) in [6, 6.07) is 3.90. The van der Waals surface area contributed by atoms with E-state index in [1.807, 2.05) is 22.3 Å². The Kier molecular flexibility index (Phi) is 0.947. The van der Waals surface area contributed by atoms with Gasteiger partial charge in [0, 0.05) is 12.3 Å². The summed E-state index contributed by atoms with van der Waals surface area (Å²) >= 11 is 1.39. The molecule has 4 heteroatoms. The van der Waals surface area contributed by atoms with Gasteiger partial charge in [-0.15, -0.1) is 0 Å². The number of rotatable bonds is 0. The van der Waals surface area contributed by atoms with E-state index in [1.165, 1.54) is 11.1 Å². The molecule has 2 heterocycles. The van der Waals surface area contributed by atoms with Crippen LogP contribution in [0.4, 0.5) is 0 Å². The molecule has 8 heavy (non-hydrogen) atoms. The minimum Gasteiger partial charge on any atom is -0.393 e. The fourth-order valence-electron chi connectivity index (χ4n) is 0.559. The molecule has 42 valence electrons. The zero-order valence-electron chi connectivity index (χ0n) is 3.90. The summed E-state index contributed by atoms with van der Waals surface area (Å²) in [5, 5.41) is 0. The lowest BCUT2D eigenvalue weighted by Crippen LogP contribution is -1.72. The van der Waals surface area contributed by atoms with Gasteiger partial charge in [-0.1, -0.05) is 0 Å². The molecular formula is C4H3NOS2. The van der Waals surface area contributed by atoms with Crippen LogP contribution in [0.2, 0.25) is 0 Å². The Morgan fingerprint density at radius 2 is 2.62 bits per heavy atom. The van der Waals surface area contributed by atoms with Gasteiger partial charge in [0.2, 0.25) is 5.88 Å². The van der Waals surface area contributed by atoms with E-state index in [-0.39, 0.29) is 0 Å². The molecule has 0 radical (unpaired) electrons. The van der Waals surface area contributed by atoms with E-state index in [1.54, 1.807) is 11.0 Å². The molecule has 2 rings (SSSR count). The second-order valence-corrected chi connectivity index (χ2v) is 3.10. The summed E-state index contributed by atoms with van der Waals surface area (Å²) in [6.07, 6.45) is 1.97. The molecule has 0 spiro atoms. The molecular weight excluding hydrogens is 142 g/mol. The molecule has 0 unspecified atom stereocenters. The maximum atomic E-state index is 5.08. The van der Waals surface area contributed by atoms with Gasteiger partial charge in [0.1, 0.15) is 0 Å². The lowest BCUT2D eigenvalue weighted by molar-refractivity contribution is 0.632. The summed E-state index contributed by atoms with van der Waals surface area (Å²) in [7, 11) is 1.59. The smallest absolute Gasteiger partial charge is 0.220 e. The van der Waals surface area contributed by atoms with Crippen LogP contribution in [0.5, 0.6) is 5.88 Å². The van der Waals surface area contributed by atoms with E-state index in [4.69, 9.17) is 4.18 Å². The van der Waals surface area contributed by atoms with Crippen molar-refractivity contribution in [2.45, 2.75) is 0 Å². The molecule has 0 aliphatic carbocycles. The zero-order valence-corrected chi connectivity index (χ0v) is 5.54. The van der Waals surface area contributed by atoms with Crippen LogP contribution in [0.25, 0.3) is 0 Å². The van der Waals surface area contributed by atoms with Crippen LogP contribution in [0.1, 0.15) is 0 Å². The van der Waals surface area contributed by atoms with Crippen molar-refractivity contribution < 1.29 is 4.18 Å². The van der Waals surface area contributed by atoms with Crippen molar-refractivity contribution in [3.63, 3.8) is 0 Å². The number of nitrogens with zero attached hydrogens (tertiary/aromatic N) is 1. The van der Waals surface area contributed by atoms with Crippen molar-refractivity contribution in [3.05, 3.63) is 18.3 Å². The Hall–Kier alpha value is -0.220.